The largest absolute Gasteiger partial charge is 0.389 e. The van der Waals surface area contributed by atoms with Gasteiger partial charge in [0, 0.05) is 12.6 Å². The molecule has 1 atom stereocenters. The van der Waals surface area contributed by atoms with Crippen LogP contribution in [0.15, 0.2) is 0 Å². The fraction of sp³-hybridized carbons (Fsp3) is 1.00. The number of aliphatic hydroxyl groups is 1. The first kappa shape index (κ1) is 13.3. The van der Waals surface area contributed by atoms with Crippen molar-refractivity contribution in [3.8, 4) is 0 Å². The van der Waals surface area contributed by atoms with Crippen molar-refractivity contribution in [2.24, 2.45) is 5.92 Å². The molecule has 1 heterocycles. The summed E-state index contributed by atoms with van der Waals surface area (Å²) in [5.74, 6) is 0.788. The van der Waals surface area contributed by atoms with E-state index in [1.54, 1.807) is 0 Å². The summed E-state index contributed by atoms with van der Waals surface area (Å²) in [6, 6.07) is 0.549. The monoisotopic (exact) mass is 240 g/mol. The van der Waals surface area contributed by atoms with E-state index in [2.05, 4.69) is 24.2 Å². The highest BCUT2D eigenvalue weighted by molar-refractivity contribution is 4.88. The molecule has 100 valence electrons. The Bertz CT molecular complexity index is 230. The van der Waals surface area contributed by atoms with E-state index in [0.717, 1.165) is 25.3 Å². The van der Waals surface area contributed by atoms with Crippen molar-refractivity contribution in [3.63, 3.8) is 0 Å². The van der Waals surface area contributed by atoms with Gasteiger partial charge < -0.3 is 15.3 Å². The molecule has 0 amide bonds. The summed E-state index contributed by atoms with van der Waals surface area (Å²) in [6.45, 7) is 5.52. The van der Waals surface area contributed by atoms with Crippen molar-refractivity contribution in [2.45, 2.75) is 57.1 Å². The lowest BCUT2D eigenvalue weighted by Crippen LogP contribution is -2.46. The maximum atomic E-state index is 10.3. The number of nitrogens with zero attached hydrogens (tertiary/aromatic N) is 1. The molecule has 2 fully saturated rings. The summed E-state index contributed by atoms with van der Waals surface area (Å²) in [7, 11) is 2.20. The molecule has 0 aromatic heterocycles. The minimum atomic E-state index is -0.403. The average Bonchev–Trinajstić information content (AvgIpc) is 2.75. The molecule has 0 spiro atoms. The van der Waals surface area contributed by atoms with Crippen LogP contribution in [0.5, 0.6) is 0 Å². The summed E-state index contributed by atoms with van der Waals surface area (Å²) in [4.78, 5) is 2.41. The molecule has 1 saturated carbocycles. The molecule has 2 N–H and O–H groups in total. The predicted octanol–water partition coefficient (Wildman–Crippen LogP) is 1.61. The van der Waals surface area contributed by atoms with Crippen LogP contribution in [0.3, 0.4) is 0 Å². The Morgan fingerprint density at radius 2 is 1.88 bits per heavy atom. The summed E-state index contributed by atoms with van der Waals surface area (Å²) in [6.07, 6.45) is 6.95. The van der Waals surface area contributed by atoms with Gasteiger partial charge in [-0.05, 0) is 58.7 Å². The molecule has 2 rings (SSSR count). The number of hydrogen-bond donors (Lipinski definition) is 2. The highest BCUT2D eigenvalue weighted by Crippen LogP contribution is 2.29. The van der Waals surface area contributed by atoms with Crippen LogP contribution in [0, 0.1) is 5.92 Å². The minimum Gasteiger partial charge on any atom is -0.389 e. The van der Waals surface area contributed by atoms with E-state index >= 15 is 0 Å². The second kappa shape index (κ2) is 5.68. The predicted molar refractivity (Wildman–Crippen MR) is 71.1 cm³/mol. The number of likely N-dealkylation sites (tertiary alicyclic amines) is 1. The third kappa shape index (κ3) is 3.67. The Morgan fingerprint density at radius 1 is 1.29 bits per heavy atom. The summed E-state index contributed by atoms with van der Waals surface area (Å²) in [5, 5.41) is 13.9. The van der Waals surface area contributed by atoms with E-state index in [1.807, 2.05) is 0 Å². The van der Waals surface area contributed by atoms with Gasteiger partial charge in [-0.3, -0.25) is 0 Å². The number of piperidine rings is 1. The van der Waals surface area contributed by atoms with Gasteiger partial charge in [0.05, 0.1) is 5.60 Å². The Labute approximate surface area is 106 Å². The molecular weight excluding hydrogens is 212 g/mol. The van der Waals surface area contributed by atoms with Crippen LogP contribution < -0.4 is 5.32 Å². The molecule has 17 heavy (non-hydrogen) atoms. The van der Waals surface area contributed by atoms with Crippen LogP contribution >= 0.6 is 0 Å². The van der Waals surface area contributed by atoms with Crippen LogP contribution in [-0.2, 0) is 0 Å². The second-order valence-electron chi connectivity index (χ2n) is 6.24. The highest BCUT2D eigenvalue weighted by atomic mass is 16.3. The van der Waals surface area contributed by atoms with Crippen LogP contribution in [0.4, 0.5) is 0 Å². The van der Waals surface area contributed by atoms with Crippen molar-refractivity contribution in [1.82, 2.24) is 10.2 Å². The van der Waals surface area contributed by atoms with Gasteiger partial charge in [-0.2, -0.15) is 0 Å². The first-order valence-electron chi connectivity index (χ1n) is 7.23. The van der Waals surface area contributed by atoms with Crippen LogP contribution in [0.1, 0.15) is 45.4 Å². The Hall–Kier alpha value is -0.120. The van der Waals surface area contributed by atoms with E-state index in [9.17, 15) is 5.11 Å². The third-order valence-corrected chi connectivity index (χ3v) is 4.76. The molecule has 1 aliphatic carbocycles. The van der Waals surface area contributed by atoms with Gasteiger partial charge in [-0.1, -0.05) is 12.8 Å². The molecule has 2 aliphatic rings. The molecule has 0 bridgehead atoms. The van der Waals surface area contributed by atoms with Crippen molar-refractivity contribution < 1.29 is 5.11 Å². The average molecular weight is 240 g/mol. The van der Waals surface area contributed by atoms with E-state index in [1.165, 1.54) is 38.8 Å². The number of rotatable bonds is 4. The van der Waals surface area contributed by atoms with Crippen molar-refractivity contribution in [2.75, 3.05) is 26.7 Å². The van der Waals surface area contributed by atoms with Crippen LogP contribution in [-0.4, -0.2) is 48.3 Å². The molecule has 0 aromatic carbocycles. The standard InChI is InChI=1S/C14H28N2O/c1-12(13-5-9-16(2)10-6-13)15-11-14(17)7-3-4-8-14/h12-13,15,17H,3-11H2,1-2H3. The molecule has 1 aliphatic heterocycles. The van der Waals surface area contributed by atoms with Gasteiger partial charge >= 0.3 is 0 Å². The molecule has 1 saturated heterocycles. The van der Waals surface area contributed by atoms with E-state index in [0.29, 0.717) is 6.04 Å². The quantitative estimate of drug-likeness (QED) is 0.784. The van der Waals surface area contributed by atoms with Crippen molar-refractivity contribution in [1.29, 1.82) is 0 Å². The smallest absolute Gasteiger partial charge is 0.0771 e. The summed E-state index contributed by atoms with van der Waals surface area (Å²) in [5.41, 5.74) is -0.403. The second-order valence-corrected chi connectivity index (χ2v) is 6.24. The first-order chi connectivity index (χ1) is 8.09. The number of hydrogen-bond acceptors (Lipinski definition) is 3. The van der Waals surface area contributed by atoms with E-state index < -0.39 is 5.60 Å². The van der Waals surface area contributed by atoms with Crippen LogP contribution in [0.25, 0.3) is 0 Å². The Morgan fingerprint density at radius 3 is 2.47 bits per heavy atom. The molecule has 0 radical (unpaired) electrons. The molecule has 3 heteroatoms. The van der Waals surface area contributed by atoms with Gasteiger partial charge in [-0.25, -0.2) is 0 Å². The maximum Gasteiger partial charge on any atom is 0.0771 e. The normalized spacial score (nSPS) is 28.4. The lowest BCUT2D eigenvalue weighted by atomic mass is 9.90. The fourth-order valence-electron chi connectivity index (χ4n) is 3.26. The molecule has 3 nitrogen and oxygen atoms in total. The molecular formula is C14H28N2O. The zero-order chi connectivity index (χ0) is 12.3. The fourth-order valence-corrected chi connectivity index (χ4v) is 3.26. The van der Waals surface area contributed by atoms with Gasteiger partial charge in [0.25, 0.3) is 0 Å². The van der Waals surface area contributed by atoms with Crippen LogP contribution in [0.2, 0.25) is 0 Å². The number of nitrogens with one attached hydrogen (secondary N) is 1. The Kier molecular flexibility index (Phi) is 4.45. The Balaban J connectivity index is 1.71. The molecule has 1 unspecified atom stereocenters. The first-order valence-corrected chi connectivity index (χ1v) is 7.23. The summed E-state index contributed by atoms with van der Waals surface area (Å²) >= 11 is 0. The van der Waals surface area contributed by atoms with E-state index in [-0.39, 0.29) is 0 Å². The van der Waals surface area contributed by atoms with E-state index in [4.69, 9.17) is 0 Å². The lowest BCUT2D eigenvalue weighted by molar-refractivity contribution is 0.0414. The maximum absolute atomic E-state index is 10.3. The zero-order valence-electron chi connectivity index (χ0n) is 11.4. The van der Waals surface area contributed by atoms with Gasteiger partial charge in [0.15, 0.2) is 0 Å². The van der Waals surface area contributed by atoms with Gasteiger partial charge in [0.2, 0.25) is 0 Å². The SMILES string of the molecule is CC(NCC1(O)CCCC1)C1CCN(C)CC1. The summed E-state index contributed by atoms with van der Waals surface area (Å²) < 4.78 is 0. The minimum absolute atomic E-state index is 0.403. The van der Waals surface area contributed by atoms with Gasteiger partial charge in [-0.15, -0.1) is 0 Å². The topological polar surface area (TPSA) is 35.5 Å². The van der Waals surface area contributed by atoms with Crippen molar-refractivity contribution in [3.05, 3.63) is 0 Å². The third-order valence-electron chi connectivity index (χ3n) is 4.76. The highest BCUT2D eigenvalue weighted by Gasteiger charge is 2.32. The van der Waals surface area contributed by atoms with Gasteiger partial charge in [0.1, 0.15) is 0 Å². The molecule has 0 aromatic rings. The zero-order valence-corrected chi connectivity index (χ0v) is 11.4. The van der Waals surface area contributed by atoms with Crippen molar-refractivity contribution >= 4 is 0 Å². The lowest BCUT2D eigenvalue weighted by Gasteiger charge is -2.34.